The van der Waals surface area contributed by atoms with Crippen LogP contribution in [0.4, 0.5) is 0 Å². The molecule has 0 radical (unpaired) electrons. The number of ether oxygens (including phenoxy) is 1. The zero-order chi connectivity index (χ0) is 19.1. The summed E-state index contributed by atoms with van der Waals surface area (Å²) in [5.74, 6) is -0.344. The van der Waals surface area contributed by atoms with E-state index in [4.69, 9.17) is 10.5 Å². The zero-order valence-corrected chi connectivity index (χ0v) is 15.8. The van der Waals surface area contributed by atoms with Crippen LogP contribution in [0.15, 0.2) is 0 Å². The van der Waals surface area contributed by atoms with Gasteiger partial charge in [-0.3, -0.25) is 19.3 Å². The molecule has 9 nitrogen and oxygen atoms in total. The smallest absolute Gasteiger partial charge is 0.242 e. The summed E-state index contributed by atoms with van der Waals surface area (Å²) in [4.78, 5) is 42.0. The lowest BCUT2D eigenvalue weighted by molar-refractivity contribution is -0.140. The molecule has 0 spiro atoms. The number of rotatable bonds is 6. The van der Waals surface area contributed by atoms with E-state index in [0.29, 0.717) is 45.9 Å². The Morgan fingerprint density at radius 2 is 1.50 bits per heavy atom. The van der Waals surface area contributed by atoms with Crippen molar-refractivity contribution < 1.29 is 19.1 Å². The SMILES string of the molecule is CC(C)[C@H](N)C(=O)NCC(=O)N1CCN(C(=O)CN2CCOCC2)CC1. The van der Waals surface area contributed by atoms with Gasteiger partial charge in [0.05, 0.1) is 32.3 Å². The number of amides is 3. The van der Waals surface area contributed by atoms with Gasteiger partial charge < -0.3 is 25.6 Å². The van der Waals surface area contributed by atoms with E-state index in [1.165, 1.54) is 0 Å². The van der Waals surface area contributed by atoms with Crippen LogP contribution in [0.2, 0.25) is 0 Å². The first-order chi connectivity index (χ1) is 12.4. The molecule has 2 heterocycles. The number of piperazine rings is 1. The van der Waals surface area contributed by atoms with Gasteiger partial charge in [0.2, 0.25) is 17.7 Å². The van der Waals surface area contributed by atoms with Crippen LogP contribution in [0.25, 0.3) is 0 Å². The highest BCUT2D eigenvalue weighted by atomic mass is 16.5. The molecule has 0 aromatic heterocycles. The van der Waals surface area contributed by atoms with Crippen LogP contribution < -0.4 is 11.1 Å². The molecule has 0 unspecified atom stereocenters. The predicted octanol–water partition coefficient (Wildman–Crippen LogP) is -1.91. The second kappa shape index (κ2) is 9.84. The second-order valence-corrected chi connectivity index (χ2v) is 7.14. The average Bonchev–Trinajstić information content (AvgIpc) is 2.66. The molecule has 1 atom stereocenters. The third-order valence-corrected chi connectivity index (χ3v) is 4.88. The molecular formula is C17H31N5O4. The van der Waals surface area contributed by atoms with Crippen LogP contribution in [0.1, 0.15) is 13.8 Å². The number of nitrogens with one attached hydrogen (secondary N) is 1. The van der Waals surface area contributed by atoms with E-state index in [1.807, 2.05) is 13.8 Å². The Morgan fingerprint density at radius 3 is 2.04 bits per heavy atom. The van der Waals surface area contributed by atoms with Crippen molar-refractivity contribution in [1.82, 2.24) is 20.0 Å². The molecule has 0 aliphatic carbocycles. The summed E-state index contributed by atoms with van der Waals surface area (Å²) in [5.41, 5.74) is 5.76. The molecule has 26 heavy (non-hydrogen) atoms. The van der Waals surface area contributed by atoms with Crippen molar-refractivity contribution in [2.24, 2.45) is 11.7 Å². The van der Waals surface area contributed by atoms with Gasteiger partial charge in [0, 0.05) is 39.3 Å². The molecule has 0 bridgehead atoms. The van der Waals surface area contributed by atoms with Crippen LogP contribution in [-0.2, 0) is 19.1 Å². The Bertz CT molecular complexity index is 499. The van der Waals surface area contributed by atoms with Crippen molar-refractivity contribution in [1.29, 1.82) is 0 Å². The van der Waals surface area contributed by atoms with Gasteiger partial charge in [-0.2, -0.15) is 0 Å². The minimum absolute atomic E-state index is 0.0196. The summed E-state index contributed by atoms with van der Waals surface area (Å²) in [6.45, 7) is 8.98. The summed E-state index contributed by atoms with van der Waals surface area (Å²) in [7, 11) is 0. The Morgan fingerprint density at radius 1 is 0.962 bits per heavy atom. The fraction of sp³-hybridized carbons (Fsp3) is 0.824. The van der Waals surface area contributed by atoms with Crippen LogP contribution in [0, 0.1) is 5.92 Å². The lowest BCUT2D eigenvalue weighted by Crippen LogP contribution is -2.55. The molecule has 2 aliphatic rings. The first-order valence-electron chi connectivity index (χ1n) is 9.27. The molecule has 0 aromatic carbocycles. The Hall–Kier alpha value is -1.71. The number of nitrogens with zero attached hydrogens (tertiary/aromatic N) is 3. The number of hydrogen-bond donors (Lipinski definition) is 2. The second-order valence-electron chi connectivity index (χ2n) is 7.14. The van der Waals surface area contributed by atoms with Crippen molar-refractivity contribution in [3.63, 3.8) is 0 Å². The summed E-state index contributed by atoms with van der Waals surface area (Å²) < 4.78 is 5.29. The minimum Gasteiger partial charge on any atom is -0.379 e. The third kappa shape index (κ3) is 5.93. The molecule has 3 amide bonds. The fourth-order valence-electron chi connectivity index (χ4n) is 2.95. The molecule has 9 heteroatoms. The number of carbonyl (C=O) groups is 3. The van der Waals surface area contributed by atoms with Crippen molar-refractivity contribution in [2.75, 3.05) is 65.6 Å². The standard InChI is InChI=1S/C17H31N5O4/c1-13(2)16(18)17(25)19-11-14(23)21-3-5-22(6-4-21)15(24)12-20-7-9-26-10-8-20/h13,16H,3-12,18H2,1-2H3,(H,19,25)/t16-/m0/s1. The number of carbonyl (C=O) groups excluding carboxylic acids is 3. The maximum absolute atomic E-state index is 12.4. The average molecular weight is 369 g/mol. The van der Waals surface area contributed by atoms with E-state index in [1.54, 1.807) is 9.80 Å². The van der Waals surface area contributed by atoms with Gasteiger partial charge in [-0.15, -0.1) is 0 Å². The van der Waals surface area contributed by atoms with Gasteiger partial charge >= 0.3 is 0 Å². The lowest BCUT2D eigenvalue weighted by atomic mass is 10.1. The number of morpholine rings is 1. The van der Waals surface area contributed by atoms with Crippen molar-refractivity contribution in [3.05, 3.63) is 0 Å². The van der Waals surface area contributed by atoms with E-state index in [0.717, 1.165) is 13.1 Å². The van der Waals surface area contributed by atoms with Gasteiger partial charge in [0.1, 0.15) is 0 Å². The molecule has 2 aliphatic heterocycles. The molecule has 3 N–H and O–H groups in total. The molecular weight excluding hydrogens is 338 g/mol. The molecule has 2 saturated heterocycles. The Labute approximate surface area is 154 Å². The van der Waals surface area contributed by atoms with Gasteiger partial charge in [-0.25, -0.2) is 0 Å². The zero-order valence-electron chi connectivity index (χ0n) is 15.8. The molecule has 2 fully saturated rings. The van der Waals surface area contributed by atoms with Gasteiger partial charge in [-0.05, 0) is 5.92 Å². The highest BCUT2D eigenvalue weighted by molar-refractivity contribution is 5.87. The molecule has 0 saturated carbocycles. The number of hydrogen-bond acceptors (Lipinski definition) is 6. The van der Waals surface area contributed by atoms with E-state index >= 15 is 0 Å². The quantitative estimate of drug-likeness (QED) is 0.566. The summed E-state index contributed by atoms with van der Waals surface area (Å²) >= 11 is 0. The van der Waals surface area contributed by atoms with Crippen LogP contribution in [0.5, 0.6) is 0 Å². The fourth-order valence-corrected chi connectivity index (χ4v) is 2.95. The van der Waals surface area contributed by atoms with Gasteiger partial charge in [-0.1, -0.05) is 13.8 Å². The van der Waals surface area contributed by atoms with Gasteiger partial charge in [0.25, 0.3) is 0 Å². The monoisotopic (exact) mass is 369 g/mol. The van der Waals surface area contributed by atoms with E-state index in [2.05, 4.69) is 10.2 Å². The van der Waals surface area contributed by atoms with E-state index in [9.17, 15) is 14.4 Å². The van der Waals surface area contributed by atoms with Crippen LogP contribution >= 0.6 is 0 Å². The highest BCUT2D eigenvalue weighted by Gasteiger charge is 2.26. The van der Waals surface area contributed by atoms with Crippen LogP contribution in [-0.4, -0.2) is 104 Å². The van der Waals surface area contributed by atoms with E-state index in [-0.39, 0.29) is 30.2 Å². The summed E-state index contributed by atoms with van der Waals surface area (Å²) in [6, 6.07) is -0.613. The Balaban J connectivity index is 1.69. The van der Waals surface area contributed by atoms with Crippen molar-refractivity contribution in [3.8, 4) is 0 Å². The van der Waals surface area contributed by atoms with Crippen molar-refractivity contribution in [2.45, 2.75) is 19.9 Å². The third-order valence-electron chi connectivity index (χ3n) is 4.88. The molecule has 148 valence electrons. The molecule has 2 rings (SSSR count). The summed E-state index contributed by atoms with van der Waals surface area (Å²) in [6.07, 6.45) is 0. The first kappa shape index (κ1) is 20.6. The Kier molecular flexibility index (Phi) is 7.80. The predicted molar refractivity (Wildman–Crippen MR) is 96.2 cm³/mol. The summed E-state index contributed by atoms with van der Waals surface area (Å²) in [5, 5.41) is 2.59. The normalized spacial score (nSPS) is 20.2. The maximum atomic E-state index is 12.4. The van der Waals surface area contributed by atoms with Gasteiger partial charge in [0.15, 0.2) is 0 Å². The van der Waals surface area contributed by atoms with E-state index < -0.39 is 6.04 Å². The topological polar surface area (TPSA) is 108 Å². The lowest BCUT2D eigenvalue weighted by Gasteiger charge is -2.36. The maximum Gasteiger partial charge on any atom is 0.242 e. The van der Waals surface area contributed by atoms with Crippen LogP contribution in [0.3, 0.4) is 0 Å². The van der Waals surface area contributed by atoms with Crippen molar-refractivity contribution >= 4 is 17.7 Å². The first-order valence-corrected chi connectivity index (χ1v) is 9.27. The number of nitrogens with two attached hydrogens (primary N) is 1. The molecule has 0 aromatic rings. The largest absolute Gasteiger partial charge is 0.379 e. The highest BCUT2D eigenvalue weighted by Crippen LogP contribution is 2.05. The minimum atomic E-state index is -0.613.